The number of rotatable bonds is 15. The summed E-state index contributed by atoms with van der Waals surface area (Å²) in [6.07, 6.45) is 88.3. The van der Waals surface area contributed by atoms with Gasteiger partial charge in [0, 0.05) is 59.2 Å². The van der Waals surface area contributed by atoms with E-state index in [-0.39, 0.29) is 22.3 Å². The van der Waals surface area contributed by atoms with Crippen LogP contribution < -0.4 is 4.90 Å². The molecule has 516 valence electrons. The molecule has 0 aromatic heterocycles. The van der Waals surface area contributed by atoms with Gasteiger partial charge in [0.1, 0.15) is 6.10 Å². The van der Waals surface area contributed by atoms with Crippen molar-refractivity contribution in [3.8, 4) is 0 Å². The van der Waals surface area contributed by atoms with Gasteiger partial charge >= 0.3 is 0 Å². The van der Waals surface area contributed by atoms with Gasteiger partial charge < -0.3 is 14.4 Å². The maximum absolute atomic E-state index is 7.20. The number of likely N-dealkylation sites (tertiary alicyclic amines) is 1. The second kappa shape index (κ2) is 27.7. The molecule has 15 aliphatic carbocycles. The molecule has 17 unspecified atom stereocenters. The number of fused-ring (bicyclic) bond motifs is 8. The minimum atomic E-state index is 0.132. The van der Waals surface area contributed by atoms with Gasteiger partial charge in [-0.2, -0.15) is 0 Å². The monoisotopic (exact) mass is 1290 g/mol. The lowest BCUT2D eigenvalue weighted by atomic mass is 9.46. The number of anilines is 1. The first-order chi connectivity index (χ1) is 47.2. The standard InChI is InChI=1S/C92H126N2O2/c1-5-63-34-47-75(48-35-63)95-77-51-41-70(42-52-77)92(69-27-15-9-16-28-69)85-33-21-22-62(3)89(85)84-55-46-74(61-90(84,92)4)93(73-45-54-80-79-31-19-20-32-83(79)91(86(80)59-73,67-23-11-7-12-24-67)68-25-13-8-14-26-68)72-43-38-65(39-44-72)66-40-56-87-81(58-66)82-60-78(96-76-49-36-64(6-2)37-50-76)53-57-88(82)94(87)71-29-17-10-18-30-71/h5-6,9,15,21,33-34,36,40-41,43,45,47,54,56,59,62,65-69,71,74,76-78,81-82,84-85,87-89H,1-2,7-8,10-14,16-20,22-32,35,37-39,42,44,46,48-53,55,57-58,60-61H2,3-4H3. The number of hydrogen-bond acceptors (Lipinski definition) is 4. The van der Waals surface area contributed by atoms with Crippen molar-refractivity contribution in [1.29, 1.82) is 0 Å². The van der Waals surface area contributed by atoms with E-state index in [1.54, 1.807) is 16.9 Å². The summed E-state index contributed by atoms with van der Waals surface area (Å²) in [6, 6.07) is 11.2. The van der Waals surface area contributed by atoms with E-state index >= 15 is 0 Å². The SMILES string of the molecule is C=CC1=CC=C(OC2CC=C(C3(C4CC=CCC4)C4C=CCC(C)C4C4CCC(N(C5=CCC(C6C=CC7C(C6)C6CC(OC8CC=C(C=C)CC8)CCC6N7C6CCCCC6)CC5)c5ccc6c(c5)C(C5CCCCC5)(C5CCCCC5)C5=C6CCCC5)CC43C)CC2)CC1. The Bertz CT molecular complexity index is 3300. The average molecular weight is 1290 g/mol. The molecule has 0 amide bonds. The first-order valence-electron chi connectivity index (χ1n) is 41.7. The fraction of sp³-hybridized carbons (Fsp3) is 0.696. The van der Waals surface area contributed by atoms with Gasteiger partial charge in [-0.05, 0) is 304 Å². The molecule has 7 fully saturated rings. The Kier molecular flexibility index (Phi) is 18.8. The van der Waals surface area contributed by atoms with Crippen molar-refractivity contribution in [3.05, 3.63) is 155 Å². The molecule has 1 aliphatic heterocycles. The molecule has 1 saturated heterocycles. The van der Waals surface area contributed by atoms with Crippen LogP contribution in [0.15, 0.2) is 144 Å². The van der Waals surface area contributed by atoms with Gasteiger partial charge in [-0.25, -0.2) is 0 Å². The van der Waals surface area contributed by atoms with Gasteiger partial charge in [0.2, 0.25) is 0 Å². The zero-order valence-corrected chi connectivity index (χ0v) is 60.2. The molecule has 0 spiro atoms. The van der Waals surface area contributed by atoms with Crippen molar-refractivity contribution in [2.45, 2.75) is 325 Å². The number of nitrogens with zero attached hydrogens (tertiary/aromatic N) is 2. The molecule has 4 nitrogen and oxygen atoms in total. The summed E-state index contributed by atoms with van der Waals surface area (Å²) in [5.74, 6) is 9.15. The predicted molar refractivity (Wildman–Crippen MR) is 400 cm³/mol. The van der Waals surface area contributed by atoms with E-state index in [0.717, 1.165) is 98.5 Å². The fourth-order valence-corrected chi connectivity index (χ4v) is 27.7. The van der Waals surface area contributed by atoms with Gasteiger partial charge in [0.05, 0.1) is 18.0 Å². The van der Waals surface area contributed by atoms with Crippen LogP contribution in [0.2, 0.25) is 0 Å². The molecule has 4 heteroatoms. The second-order valence-corrected chi connectivity index (χ2v) is 35.8. The second-order valence-electron chi connectivity index (χ2n) is 35.8. The molecule has 1 aromatic rings. The zero-order chi connectivity index (χ0) is 64.5. The highest BCUT2D eigenvalue weighted by Gasteiger charge is 2.71. The van der Waals surface area contributed by atoms with Crippen LogP contribution in [-0.2, 0) is 14.9 Å². The van der Waals surface area contributed by atoms with Crippen LogP contribution in [0.1, 0.15) is 288 Å². The largest absolute Gasteiger partial charge is 0.494 e. The zero-order valence-electron chi connectivity index (χ0n) is 60.2. The van der Waals surface area contributed by atoms with E-state index in [1.165, 1.54) is 235 Å². The van der Waals surface area contributed by atoms with Crippen LogP contribution in [0.25, 0.3) is 5.57 Å². The van der Waals surface area contributed by atoms with E-state index in [1.807, 2.05) is 28.4 Å². The number of benzene rings is 1. The van der Waals surface area contributed by atoms with Crippen LogP contribution in [0.5, 0.6) is 0 Å². The molecule has 17 atom stereocenters. The fourth-order valence-electron chi connectivity index (χ4n) is 27.7. The molecule has 17 rings (SSSR count). The molecule has 1 heterocycles. The van der Waals surface area contributed by atoms with Gasteiger partial charge in [-0.1, -0.05) is 180 Å². The number of ether oxygens (including phenoxy) is 2. The van der Waals surface area contributed by atoms with Gasteiger partial charge in [-0.3, -0.25) is 4.90 Å². The summed E-state index contributed by atoms with van der Waals surface area (Å²) in [5.41, 5.74) is 15.8. The Morgan fingerprint density at radius 1 is 0.594 bits per heavy atom. The van der Waals surface area contributed by atoms with Crippen molar-refractivity contribution >= 4 is 11.3 Å². The average Bonchev–Trinajstić information content (AvgIpc) is 1.51. The van der Waals surface area contributed by atoms with E-state index in [4.69, 9.17) is 9.47 Å². The third-order valence-corrected chi connectivity index (χ3v) is 31.6. The molecule has 16 aliphatic rings. The molecular formula is C92H126N2O2. The highest BCUT2D eigenvalue weighted by atomic mass is 16.5. The van der Waals surface area contributed by atoms with E-state index < -0.39 is 0 Å². The third kappa shape index (κ3) is 11.3. The normalized spacial score (nSPS) is 40.3. The Hall–Kier alpha value is -4.12. The maximum Gasteiger partial charge on any atom is 0.102 e. The summed E-state index contributed by atoms with van der Waals surface area (Å²) in [5, 5.41) is 0. The Balaban J connectivity index is 0.735. The van der Waals surface area contributed by atoms with Crippen molar-refractivity contribution in [2.75, 3.05) is 4.90 Å². The van der Waals surface area contributed by atoms with Crippen molar-refractivity contribution in [3.63, 3.8) is 0 Å². The Morgan fingerprint density at radius 3 is 2.10 bits per heavy atom. The molecule has 0 N–H and O–H groups in total. The summed E-state index contributed by atoms with van der Waals surface area (Å²) in [7, 11) is 0. The van der Waals surface area contributed by atoms with Crippen LogP contribution in [0.4, 0.5) is 5.69 Å². The van der Waals surface area contributed by atoms with Crippen molar-refractivity contribution in [1.82, 2.24) is 4.90 Å². The number of allylic oxidation sites excluding steroid dienone is 17. The lowest BCUT2D eigenvalue weighted by molar-refractivity contribution is -0.0570. The molecule has 96 heavy (non-hydrogen) atoms. The Morgan fingerprint density at radius 2 is 1.39 bits per heavy atom. The minimum Gasteiger partial charge on any atom is -0.494 e. The van der Waals surface area contributed by atoms with Crippen LogP contribution in [-0.4, -0.2) is 47.4 Å². The highest BCUT2D eigenvalue weighted by Crippen LogP contribution is 2.77. The highest BCUT2D eigenvalue weighted by molar-refractivity contribution is 5.83. The van der Waals surface area contributed by atoms with E-state index in [9.17, 15) is 0 Å². The first kappa shape index (κ1) is 65.2. The molecule has 6 saturated carbocycles. The van der Waals surface area contributed by atoms with Gasteiger partial charge in [-0.15, -0.1) is 0 Å². The summed E-state index contributed by atoms with van der Waals surface area (Å²) >= 11 is 0. The quantitative estimate of drug-likeness (QED) is 0.163. The summed E-state index contributed by atoms with van der Waals surface area (Å²) in [4.78, 5) is 6.39. The first-order valence-corrected chi connectivity index (χ1v) is 41.7. The Labute approximate surface area is 583 Å². The third-order valence-electron chi connectivity index (χ3n) is 31.6. The van der Waals surface area contributed by atoms with Crippen LogP contribution in [0, 0.1) is 75.9 Å². The lowest BCUT2D eigenvalue weighted by Crippen LogP contribution is -2.54. The summed E-state index contributed by atoms with van der Waals surface area (Å²) < 4.78 is 14.2. The lowest BCUT2D eigenvalue weighted by Gasteiger charge is -2.59. The van der Waals surface area contributed by atoms with E-state index in [2.05, 4.69) is 128 Å². The maximum atomic E-state index is 7.20. The smallest absolute Gasteiger partial charge is 0.102 e. The van der Waals surface area contributed by atoms with Crippen LogP contribution >= 0.6 is 0 Å². The van der Waals surface area contributed by atoms with Gasteiger partial charge in [0.25, 0.3) is 0 Å². The summed E-state index contributed by atoms with van der Waals surface area (Å²) in [6.45, 7) is 13.9. The molecule has 0 radical (unpaired) electrons. The van der Waals surface area contributed by atoms with Crippen molar-refractivity contribution in [2.24, 2.45) is 75.9 Å². The topological polar surface area (TPSA) is 24.9 Å². The number of hydrogen-bond donors (Lipinski definition) is 0. The van der Waals surface area contributed by atoms with Crippen molar-refractivity contribution < 1.29 is 9.47 Å². The molecular weight excluding hydrogens is 1170 g/mol. The predicted octanol–water partition coefficient (Wildman–Crippen LogP) is 24.0. The van der Waals surface area contributed by atoms with Crippen LogP contribution in [0.3, 0.4) is 0 Å². The minimum absolute atomic E-state index is 0.132. The van der Waals surface area contributed by atoms with Gasteiger partial charge in [0.15, 0.2) is 0 Å². The molecule has 0 bridgehead atoms. The molecule has 1 aromatic carbocycles. The van der Waals surface area contributed by atoms with E-state index in [0.29, 0.717) is 48.0 Å².